The summed E-state index contributed by atoms with van der Waals surface area (Å²) in [6.45, 7) is 14.9. The van der Waals surface area contributed by atoms with Crippen molar-refractivity contribution in [1.82, 2.24) is 176 Å². The Bertz CT molecular complexity index is 5190. The standard InChI is InChI=1S/2C45H48N18O3.3Ag/c2*1-37-40(31-64-34-43(55-22-4-13-46-55,56-23-5-14-47-56)57-24-6-15-48-57)38(2)42(33-66-36-45(61-28-10-19-52-61,62-29-11-20-53-62)63-30-12-21-54-63)39(3)41(37)32-65-35-44(58-25-7-16-49-58,59-26-8-17-50-59)60-27-9-18-51-60;;;/h2*4-30H,31-36H2,1-3H3;;;/q;;3*+1. The van der Waals surface area contributed by atoms with Gasteiger partial charge in [-0.25, -0.2) is 84.3 Å². The summed E-state index contributed by atoms with van der Waals surface area (Å²) < 4.78 is 73.5. The van der Waals surface area contributed by atoms with Crippen LogP contribution in [0, 0.1) is 41.5 Å². The molecule has 20 rings (SSSR count). The molecule has 0 radical (unpaired) electrons. The third kappa shape index (κ3) is 17.5. The van der Waals surface area contributed by atoms with Gasteiger partial charge in [0.25, 0.3) is 34.7 Å². The minimum Gasteiger partial charge on any atom is -0.370 e. The van der Waals surface area contributed by atoms with Gasteiger partial charge in [0.1, 0.15) is 39.6 Å². The quantitative estimate of drug-likeness (QED) is 0.0324. The molecule has 0 saturated heterocycles. The molecule has 0 aliphatic carbocycles. The van der Waals surface area contributed by atoms with Crippen LogP contribution in [0.2, 0.25) is 0 Å². The Morgan fingerprint density at radius 2 is 0.237 bits per heavy atom. The summed E-state index contributed by atoms with van der Waals surface area (Å²) in [5, 5.41) is 83.9. The van der Waals surface area contributed by atoms with E-state index in [4.69, 9.17) is 28.4 Å². The van der Waals surface area contributed by atoms with Crippen molar-refractivity contribution in [3.8, 4) is 0 Å². The minimum atomic E-state index is -1.09. The zero-order chi connectivity index (χ0) is 90.0. The molecule has 18 aromatic heterocycles. The summed E-state index contributed by atoms with van der Waals surface area (Å²) in [5.74, 6) is -6.56. The van der Waals surface area contributed by atoms with E-state index in [-0.39, 0.29) is 146 Å². The number of rotatable bonds is 42. The van der Waals surface area contributed by atoms with E-state index in [1.54, 1.807) is 196 Å². The maximum Gasteiger partial charge on any atom is 1.00 e. The van der Waals surface area contributed by atoms with Gasteiger partial charge in [-0.2, -0.15) is 91.8 Å². The monoisotopic (exact) mass is 2100 g/mol. The van der Waals surface area contributed by atoms with Gasteiger partial charge in [0.15, 0.2) is 0 Å². The van der Waals surface area contributed by atoms with E-state index in [9.17, 15) is 0 Å². The van der Waals surface area contributed by atoms with Crippen LogP contribution in [0.4, 0.5) is 0 Å². The molecule has 0 spiro atoms. The van der Waals surface area contributed by atoms with Crippen LogP contribution in [0.25, 0.3) is 0 Å². The first-order valence-electron chi connectivity index (χ1n) is 42.6. The second-order valence-corrected chi connectivity index (χ2v) is 31.3. The van der Waals surface area contributed by atoms with Crippen molar-refractivity contribution in [2.75, 3.05) is 39.6 Å². The molecule has 0 atom stereocenters. The van der Waals surface area contributed by atoms with Crippen LogP contribution in [0.15, 0.2) is 332 Å². The molecule has 0 saturated carbocycles. The van der Waals surface area contributed by atoms with Crippen molar-refractivity contribution >= 4 is 0 Å². The number of hydrogen-bond donors (Lipinski definition) is 0. The smallest absolute Gasteiger partial charge is 0.370 e. The second-order valence-electron chi connectivity index (χ2n) is 31.3. The average molecular weight is 2100 g/mol. The Kier molecular flexibility index (Phi) is 29.2. The third-order valence-corrected chi connectivity index (χ3v) is 24.4. The van der Waals surface area contributed by atoms with Crippen molar-refractivity contribution < 1.29 is 95.6 Å². The van der Waals surface area contributed by atoms with Crippen molar-refractivity contribution in [2.24, 2.45) is 0 Å². The molecule has 0 aliphatic rings. The van der Waals surface area contributed by atoms with Crippen LogP contribution in [0.3, 0.4) is 0 Å². The molecule has 42 nitrogen and oxygen atoms in total. The Balaban J connectivity index is 0.000000192. The Hall–Kier alpha value is -13.8. The van der Waals surface area contributed by atoms with Gasteiger partial charge in [-0.15, -0.1) is 0 Å². The summed E-state index contributed by atoms with van der Waals surface area (Å²) in [5.41, 5.74) is 12.1. The molecule has 0 unspecified atom stereocenters. The average Bonchev–Trinajstić information content (AvgIpc) is 1.70. The van der Waals surface area contributed by atoms with E-state index in [1.807, 2.05) is 221 Å². The molecule has 20 aromatic rings. The first-order valence-corrected chi connectivity index (χ1v) is 42.6. The van der Waals surface area contributed by atoms with E-state index < -0.39 is 34.7 Å². The first kappa shape index (κ1) is 94.4. The molecule has 18 heterocycles. The SMILES string of the molecule is Cc1c(COCC(n2cccn2)(n2cccn2)n2cccn2)c(C)c(COCC(n2cccn2)(n2cccn2)n2cccn2)c(C)c1COCC(n1cccn1)(n1cccn1)n1cccn1.Cc1c(COCC(n2cccn2)(n2cccn2)n2cccn2)c(C)c(COCC(n2cccn2)(n2cccn2)n2cccn2)c(C)c1COCC(n1cccn1)(n1cccn1)n1cccn1.[Ag+].[Ag+].[Ag+]. The Labute approximate surface area is 820 Å². The number of hydrogen-bond acceptors (Lipinski definition) is 24. The van der Waals surface area contributed by atoms with Gasteiger partial charge in [-0.1, -0.05) is 0 Å². The fraction of sp³-hybridized carbons (Fsp3) is 0.267. The summed E-state index contributed by atoms with van der Waals surface area (Å²) in [6.07, 6.45) is 65.0. The van der Waals surface area contributed by atoms with Gasteiger partial charge < -0.3 is 28.4 Å². The van der Waals surface area contributed by atoms with Crippen LogP contribution < -0.4 is 0 Å². The zero-order valence-electron chi connectivity index (χ0n) is 74.1. The van der Waals surface area contributed by atoms with Gasteiger partial charge >= 0.3 is 67.1 Å². The molecule has 0 amide bonds. The van der Waals surface area contributed by atoms with Crippen molar-refractivity contribution in [2.45, 2.75) is 116 Å². The molecule has 0 aliphatic heterocycles. The van der Waals surface area contributed by atoms with E-state index in [1.165, 1.54) is 0 Å². The van der Waals surface area contributed by atoms with E-state index >= 15 is 0 Å². The molecule has 0 bridgehead atoms. The van der Waals surface area contributed by atoms with E-state index in [0.29, 0.717) is 0 Å². The molecular formula is C90H96Ag3N36O6+3. The maximum atomic E-state index is 6.85. The maximum absolute atomic E-state index is 6.85. The van der Waals surface area contributed by atoms with Crippen molar-refractivity contribution in [1.29, 1.82) is 0 Å². The number of benzene rings is 2. The summed E-state index contributed by atoms with van der Waals surface area (Å²) in [7, 11) is 0. The molecule has 2 aromatic carbocycles. The van der Waals surface area contributed by atoms with Gasteiger partial charge in [0.05, 0.1) is 39.6 Å². The molecule has 702 valence electrons. The van der Waals surface area contributed by atoms with Crippen molar-refractivity contribution in [3.63, 3.8) is 0 Å². The van der Waals surface area contributed by atoms with Gasteiger partial charge in [0.2, 0.25) is 0 Å². The number of ether oxygens (including phenoxy) is 6. The molecular weight excluding hydrogens is 2000 g/mol. The van der Waals surface area contributed by atoms with E-state index in [2.05, 4.69) is 133 Å². The second kappa shape index (κ2) is 41.8. The van der Waals surface area contributed by atoms with Crippen LogP contribution in [0.1, 0.15) is 66.8 Å². The fourth-order valence-corrected chi connectivity index (χ4v) is 17.6. The number of aromatic nitrogens is 36. The zero-order valence-corrected chi connectivity index (χ0v) is 78.6. The Morgan fingerprint density at radius 1 is 0.156 bits per heavy atom. The summed E-state index contributed by atoms with van der Waals surface area (Å²) >= 11 is 0. The first-order chi connectivity index (χ1) is 64.9. The van der Waals surface area contributed by atoms with Gasteiger partial charge in [-0.05, 0) is 217 Å². The minimum absolute atomic E-state index is 0. The fourth-order valence-electron chi connectivity index (χ4n) is 17.6. The summed E-state index contributed by atoms with van der Waals surface area (Å²) in [6, 6.07) is 33.6. The predicted octanol–water partition coefficient (Wildman–Crippen LogP) is 8.30. The summed E-state index contributed by atoms with van der Waals surface area (Å²) in [4.78, 5) is 0. The molecule has 135 heavy (non-hydrogen) atoms. The Morgan fingerprint density at radius 3 is 0.304 bits per heavy atom. The normalized spacial score (nSPS) is 12.1. The van der Waals surface area contributed by atoms with Crippen LogP contribution in [-0.4, -0.2) is 216 Å². The largest absolute Gasteiger partial charge is 1.00 e. The molecule has 0 N–H and O–H groups in total. The van der Waals surface area contributed by atoms with E-state index in [0.717, 1.165) is 66.8 Å². The van der Waals surface area contributed by atoms with Crippen LogP contribution in [0.5, 0.6) is 0 Å². The molecule has 45 heteroatoms. The van der Waals surface area contributed by atoms with Crippen molar-refractivity contribution in [3.05, 3.63) is 399 Å². The van der Waals surface area contributed by atoms with Crippen LogP contribution in [-0.2, 0) is 170 Å². The van der Waals surface area contributed by atoms with Crippen LogP contribution >= 0.6 is 0 Å². The van der Waals surface area contributed by atoms with Gasteiger partial charge in [0, 0.05) is 223 Å². The molecule has 0 fully saturated rings. The van der Waals surface area contributed by atoms with Gasteiger partial charge in [-0.3, -0.25) is 0 Å². The predicted molar refractivity (Wildman–Crippen MR) is 472 cm³/mol. The number of nitrogens with zero attached hydrogens (tertiary/aromatic N) is 36. The topological polar surface area (TPSA) is 376 Å². The third-order valence-electron chi connectivity index (χ3n) is 24.4.